The third-order valence-corrected chi connectivity index (χ3v) is 6.89. The Morgan fingerprint density at radius 2 is 1.87 bits per heavy atom. The van der Waals surface area contributed by atoms with E-state index >= 15 is 0 Å². The van der Waals surface area contributed by atoms with Crippen molar-refractivity contribution < 1.29 is 19.0 Å². The molecule has 31 heavy (non-hydrogen) atoms. The zero-order valence-corrected chi connectivity index (χ0v) is 17.9. The fourth-order valence-electron chi connectivity index (χ4n) is 5.00. The summed E-state index contributed by atoms with van der Waals surface area (Å²) in [7, 11) is 0. The highest BCUT2D eigenvalue weighted by Crippen LogP contribution is 2.50. The predicted molar refractivity (Wildman–Crippen MR) is 115 cm³/mol. The fraction of sp³-hybridized carbons (Fsp3) is 0.391. The second-order valence-corrected chi connectivity index (χ2v) is 8.85. The molecular weight excluding hydrogens is 418 g/mol. The number of hydrazone groups is 1. The van der Waals surface area contributed by atoms with Crippen LogP contribution >= 0.6 is 11.6 Å². The van der Waals surface area contributed by atoms with Crippen LogP contribution in [0.2, 0.25) is 5.02 Å². The highest BCUT2D eigenvalue weighted by Gasteiger charge is 2.52. The number of hydrogen-bond donors (Lipinski definition) is 0. The molecule has 1 amide bonds. The summed E-state index contributed by atoms with van der Waals surface area (Å²) in [5.74, 6) is 2.45. The zero-order chi connectivity index (χ0) is 21.2. The molecule has 7 nitrogen and oxygen atoms in total. The Labute approximate surface area is 185 Å². The van der Waals surface area contributed by atoms with Crippen LogP contribution < -0.4 is 14.2 Å². The lowest BCUT2D eigenvalue weighted by Crippen LogP contribution is -2.59. The summed E-state index contributed by atoms with van der Waals surface area (Å²) in [6.45, 7) is 3.16. The van der Waals surface area contributed by atoms with Crippen molar-refractivity contribution in [1.82, 2.24) is 9.91 Å². The SMILES string of the molecule is CC(=O)N1CCC2(CC1)Oc1ccc(Cl)cc1[C@H]1CC(c3ccc4c(c3)OCO4)=NN12. The Morgan fingerprint density at radius 3 is 2.68 bits per heavy atom. The number of carbonyl (C=O) groups excluding carboxylic acids is 1. The van der Waals surface area contributed by atoms with E-state index in [9.17, 15) is 4.79 Å². The summed E-state index contributed by atoms with van der Waals surface area (Å²) in [4.78, 5) is 13.7. The zero-order valence-electron chi connectivity index (χ0n) is 17.1. The summed E-state index contributed by atoms with van der Waals surface area (Å²) < 4.78 is 17.6. The van der Waals surface area contributed by atoms with E-state index in [1.165, 1.54) is 0 Å². The van der Waals surface area contributed by atoms with Crippen LogP contribution in [0.1, 0.15) is 43.4 Å². The first kappa shape index (κ1) is 18.8. The van der Waals surface area contributed by atoms with Crippen LogP contribution in [0.25, 0.3) is 0 Å². The molecule has 8 heteroatoms. The minimum atomic E-state index is -0.574. The van der Waals surface area contributed by atoms with Crippen LogP contribution in [-0.2, 0) is 4.79 Å². The third kappa shape index (κ3) is 2.94. The van der Waals surface area contributed by atoms with E-state index in [0.29, 0.717) is 31.0 Å². The van der Waals surface area contributed by atoms with Crippen molar-refractivity contribution in [3.8, 4) is 17.2 Å². The second-order valence-electron chi connectivity index (χ2n) is 8.42. The molecule has 0 saturated carbocycles. The van der Waals surface area contributed by atoms with Crippen molar-refractivity contribution >= 4 is 23.2 Å². The smallest absolute Gasteiger partial charge is 0.231 e. The number of piperidine rings is 1. The van der Waals surface area contributed by atoms with Gasteiger partial charge in [-0.25, -0.2) is 5.01 Å². The maximum absolute atomic E-state index is 11.9. The minimum absolute atomic E-state index is 0.0340. The molecule has 0 N–H and O–H groups in total. The largest absolute Gasteiger partial charge is 0.466 e. The molecule has 1 atom stereocenters. The molecule has 4 aliphatic rings. The number of ether oxygens (including phenoxy) is 3. The lowest BCUT2D eigenvalue weighted by molar-refractivity contribution is -0.158. The molecule has 4 heterocycles. The van der Waals surface area contributed by atoms with E-state index in [-0.39, 0.29) is 18.7 Å². The van der Waals surface area contributed by atoms with E-state index in [0.717, 1.165) is 40.5 Å². The summed E-state index contributed by atoms with van der Waals surface area (Å²) >= 11 is 6.33. The number of likely N-dealkylation sites (tertiary alicyclic amines) is 1. The standard InChI is InChI=1S/C23H22ClN3O4/c1-14(28)26-8-6-23(7-9-26)27-19(17-11-16(24)3-5-20(17)31-23)12-18(25-27)15-2-4-21-22(10-15)30-13-29-21/h2-5,10-11,19H,6-9,12-13H2,1H3/t19-/m1/s1. The van der Waals surface area contributed by atoms with Crippen molar-refractivity contribution in [3.63, 3.8) is 0 Å². The van der Waals surface area contributed by atoms with Gasteiger partial charge < -0.3 is 19.1 Å². The van der Waals surface area contributed by atoms with Crippen LogP contribution in [0.3, 0.4) is 0 Å². The lowest BCUT2D eigenvalue weighted by atomic mass is 9.90. The van der Waals surface area contributed by atoms with E-state index in [1.54, 1.807) is 6.92 Å². The van der Waals surface area contributed by atoms with Gasteiger partial charge in [0.2, 0.25) is 18.4 Å². The van der Waals surface area contributed by atoms with Gasteiger partial charge in [-0.3, -0.25) is 4.79 Å². The molecule has 6 rings (SSSR count). The Kier molecular flexibility index (Phi) is 4.12. The predicted octanol–water partition coefficient (Wildman–Crippen LogP) is 3.95. The van der Waals surface area contributed by atoms with Gasteiger partial charge in [0.15, 0.2) is 11.5 Å². The summed E-state index contributed by atoms with van der Waals surface area (Å²) in [6.07, 6.45) is 2.14. The van der Waals surface area contributed by atoms with Gasteiger partial charge in [-0.1, -0.05) is 11.6 Å². The fourth-order valence-corrected chi connectivity index (χ4v) is 5.19. The monoisotopic (exact) mass is 439 g/mol. The topological polar surface area (TPSA) is 63.6 Å². The Balaban J connectivity index is 1.40. The highest BCUT2D eigenvalue weighted by atomic mass is 35.5. The molecule has 1 fully saturated rings. The summed E-state index contributed by atoms with van der Waals surface area (Å²) in [5.41, 5.74) is 2.47. The molecule has 0 unspecified atom stereocenters. The minimum Gasteiger partial charge on any atom is -0.466 e. The van der Waals surface area contributed by atoms with Crippen molar-refractivity contribution in [2.45, 2.75) is 38.0 Å². The third-order valence-electron chi connectivity index (χ3n) is 6.65. The van der Waals surface area contributed by atoms with Gasteiger partial charge in [0, 0.05) is 55.4 Å². The molecule has 1 saturated heterocycles. The van der Waals surface area contributed by atoms with E-state index in [1.807, 2.05) is 41.3 Å². The Bertz CT molecular complexity index is 1110. The molecule has 2 aromatic rings. The Hall–Kier alpha value is -2.93. The van der Waals surface area contributed by atoms with Crippen LogP contribution in [0.4, 0.5) is 0 Å². The second kappa shape index (κ2) is 6.79. The number of hydrogen-bond acceptors (Lipinski definition) is 6. The molecule has 0 radical (unpaired) electrons. The van der Waals surface area contributed by atoms with E-state index < -0.39 is 5.72 Å². The summed E-state index contributed by atoms with van der Waals surface area (Å²) in [5, 5.41) is 7.86. The molecule has 0 aliphatic carbocycles. The molecule has 160 valence electrons. The maximum atomic E-state index is 11.9. The van der Waals surface area contributed by atoms with Gasteiger partial charge in [0.1, 0.15) is 5.75 Å². The van der Waals surface area contributed by atoms with Gasteiger partial charge in [-0.15, -0.1) is 0 Å². The van der Waals surface area contributed by atoms with Gasteiger partial charge in [-0.2, -0.15) is 5.10 Å². The van der Waals surface area contributed by atoms with Crippen LogP contribution in [-0.4, -0.2) is 47.1 Å². The van der Waals surface area contributed by atoms with Gasteiger partial charge in [-0.05, 0) is 36.4 Å². The maximum Gasteiger partial charge on any atom is 0.231 e. The van der Waals surface area contributed by atoms with Crippen molar-refractivity contribution in [1.29, 1.82) is 0 Å². The van der Waals surface area contributed by atoms with Crippen LogP contribution in [0.15, 0.2) is 41.5 Å². The van der Waals surface area contributed by atoms with Gasteiger partial charge in [0.25, 0.3) is 0 Å². The molecule has 0 bridgehead atoms. The molecule has 1 spiro atoms. The van der Waals surface area contributed by atoms with Crippen LogP contribution in [0, 0.1) is 0 Å². The average molecular weight is 440 g/mol. The number of fused-ring (bicyclic) bond motifs is 5. The number of benzene rings is 2. The number of rotatable bonds is 1. The molecule has 4 aliphatic heterocycles. The molecular formula is C23H22ClN3O4. The first-order chi connectivity index (χ1) is 15.0. The highest BCUT2D eigenvalue weighted by molar-refractivity contribution is 6.30. The molecule has 2 aromatic carbocycles. The van der Waals surface area contributed by atoms with Crippen molar-refractivity contribution in [2.75, 3.05) is 19.9 Å². The number of carbonyl (C=O) groups is 1. The normalized spacial score (nSPS) is 22.6. The van der Waals surface area contributed by atoms with E-state index in [2.05, 4.69) is 5.01 Å². The summed E-state index contributed by atoms with van der Waals surface area (Å²) in [6, 6.07) is 11.8. The quantitative estimate of drug-likeness (QED) is 0.673. The number of halogens is 1. The van der Waals surface area contributed by atoms with Gasteiger partial charge in [0.05, 0.1) is 11.8 Å². The number of amides is 1. The van der Waals surface area contributed by atoms with Gasteiger partial charge >= 0.3 is 0 Å². The lowest BCUT2D eigenvalue weighted by Gasteiger charge is -2.51. The number of nitrogens with zero attached hydrogens (tertiary/aromatic N) is 3. The first-order valence-electron chi connectivity index (χ1n) is 10.5. The van der Waals surface area contributed by atoms with Crippen LogP contribution in [0.5, 0.6) is 17.2 Å². The van der Waals surface area contributed by atoms with E-state index in [4.69, 9.17) is 30.9 Å². The van der Waals surface area contributed by atoms with Crippen molar-refractivity contribution in [3.05, 3.63) is 52.5 Å². The van der Waals surface area contributed by atoms with Crippen molar-refractivity contribution in [2.24, 2.45) is 5.10 Å². The average Bonchev–Trinajstić information content (AvgIpc) is 3.42. The molecule has 0 aromatic heterocycles. The Morgan fingerprint density at radius 1 is 1.10 bits per heavy atom. The first-order valence-corrected chi connectivity index (χ1v) is 10.9.